The van der Waals surface area contributed by atoms with E-state index in [0.717, 1.165) is 0 Å². The van der Waals surface area contributed by atoms with Gasteiger partial charge in [-0.15, -0.1) is 0 Å². The fourth-order valence-corrected chi connectivity index (χ4v) is 1.06. The summed E-state index contributed by atoms with van der Waals surface area (Å²) in [6.07, 6.45) is -4.73. The minimum Gasteiger partial charge on any atom is -0.324 e. The lowest BCUT2D eigenvalue weighted by atomic mass is 10.3. The van der Waals surface area contributed by atoms with Crippen LogP contribution in [0.25, 0.3) is 0 Å². The molecular weight excluding hydrogens is 355 g/mol. The largest absolute Gasteiger partial charge is 0.422 e. The topological polar surface area (TPSA) is 29.1 Å². The van der Waals surface area contributed by atoms with Crippen LogP contribution in [0, 0.1) is 0 Å². The standard InChI is InChI=1S/C9H6Br2F3NO/c10-8(11,9(12,13)14)7(16)15-6-4-2-1-3-5-6/h1-5H,(H,15,16). The van der Waals surface area contributed by atoms with Gasteiger partial charge in [-0.25, -0.2) is 0 Å². The molecule has 0 aliphatic carbocycles. The van der Waals surface area contributed by atoms with E-state index in [1.807, 2.05) is 0 Å². The van der Waals surface area contributed by atoms with Gasteiger partial charge in [0, 0.05) is 5.69 Å². The van der Waals surface area contributed by atoms with Crippen molar-refractivity contribution in [1.29, 1.82) is 0 Å². The summed E-state index contributed by atoms with van der Waals surface area (Å²) in [6, 6.07) is 7.88. The maximum atomic E-state index is 12.4. The first-order chi connectivity index (χ1) is 7.25. The molecule has 0 aliphatic rings. The molecule has 0 spiro atoms. The average molecular weight is 361 g/mol. The van der Waals surface area contributed by atoms with E-state index in [4.69, 9.17) is 0 Å². The first-order valence-electron chi connectivity index (χ1n) is 4.06. The molecule has 1 amide bonds. The van der Waals surface area contributed by atoms with Gasteiger partial charge >= 0.3 is 6.18 Å². The molecule has 0 radical (unpaired) electrons. The molecule has 1 rings (SSSR count). The van der Waals surface area contributed by atoms with Crippen molar-refractivity contribution in [2.75, 3.05) is 5.32 Å². The highest BCUT2D eigenvalue weighted by Gasteiger charge is 2.57. The van der Waals surface area contributed by atoms with Crippen molar-refractivity contribution in [3.05, 3.63) is 30.3 Å². The second-order valence-electron chi connectivity index (χ2n) is 2.89. The molecule has 0 fully saturated rings. The molecule has 1 aromatic rings. The van der Waals surface area contributed by atoms with E-state index in [0.29, 0.717) is 5.69 Å². The number of rotatable bonds is 2. The number of anilines is 1. The van der Waals surface area contributed by atoms with Crippen molar-refractivity contribution in [3.63, 3.8) is 0 Å². The third-order valence-corrected chi connectivity index (χ3v) is 3.29. The Hall–Kier alpha value is -0.560. The predicted octanol–water partition coefficient (Wildman–Crippen LogP) is 3.67. The number of amides is 1. The Morgan fingerprint density at radius 2 is 1.62 bits per heavy atom. The van der Waals surface area contributed by atoms with E-state index in [-0.39, 0.29) is 0 Å². The summed E-state index contributed by atoms with van der Waals surface area (Å²) in [5.41, 5.74) is 0.292. The summed E-state index contributed by atoms with van der Waals surface area (Å²) < 4.78 is 34.5. The number of alkyl halides is 5. The lowest BCUT2D eigenvalue weighted by molar-refractivity contribution is -0.149. The van der Waals surface area contributed by atoms with Gasteiger partial charge in [0.15, 0.2) is 0 Å². The summed E-state index contributed by atoms with van der Waals surface area (Å²) >= 11 is 4.61. The number of nitrogens with one attached hydrogen (secondary N) is 1. The fraction of sp³-hybridized carbons (Fsp3) is 0.222. The third kappa shape index (κ3) is 2.98. The second-order valence-corrected chi connectivity index (χ2v) is 6.34. The lowest BCUT2D eigenvalue weighted by Crippen LogP contribution is -2.44. The van der Waals surface area contributed by atoms with Crippen LogP contribution in [0.5, 0.6) is 0 Å². The first-order valence-corrected chi connectivity index (χ1v) is 5.65. The molecule has 0 unspecified atom stereocenters. The maximum absolute atomic E-state index is 12.4. The quantitative estimate of drug-likeness (QED) is 0.801. The molecule has 88 valence electrons. The molecule has 0 aromatic heterocycles. The van der Waals surface area contributed by atoms with Gasteiger partial charge in [-0.2, -0.15) is 13.2 Å². The fourth-order valence-electron chi connectivity index (χ4n) is 0.860. The predicted molar refractivity (Wildman–Crippen MR) is 61.7 cm³/mol. The van der Waals surface area contributed by atoms with E-state index in [2.05, 4.69) is 37.2 Å². The van der Waals surface area contributed by atoms with Crippen LogP contribution in [0.1, 0.15) is 0 Å². The molecule has 0 bridgehead atoms. The lowest BCUT2D eigenvalue weighted by Gasteiger charge is -2.22. The normalized spacial score (nSPS) is 12.3. The van der Waals surface area contributed by atoms with Gasteiger partial charge in [-0.3, -0.25) is 4.79 Å². The number of hydrogen-bond donors (Lipinski definition) is 1. The highest BCUT2D eigenvalue weighted by Crippen LogP contribution is 2.43. The van der Waals surface area contributed by atoms with Crippen LogP contribution in [0.2, 0.25) is 0 Å². The van der Waals surface area contributed by atoms with E-state index in [9.17, 15) is 18.0 Å². The van der Waals surface area contributed by atoms with Crippen LogP contribution in [0.15, 0.2) is 30.3 Å². The van der Waals surface area contributed by atoms with Crippen molar-refractivity contribution in [2.45, 2.75) is 9.41 Å². The van der Waals surface area contributed by atoms with Crippen molar-refractivity contribution in [3.8, 4) is 0 Å². The van der Waals surface area contributed by atoms with Gasteiger partial charge in [-0.1, -0.05) is 50.1 Å². The Bertz CT molecular complexity index is 378. The van der Waals surface area contributed by atoms with Crippen LogP contribution in [0.3, 0.4) is 0 Å². The van der Waals surface area contributed by atoms with Gasteiger partial charge in [0.2, 0.25) is 0 Å². The molecule has 0 aliphatic heterocycles. The molecule has 1 N–H and O–H groups in total. The number of para-hydroxylation sites is 1. The molecule has 7 heteroatoms. The monoisotopic (exact) mass is 359 g/mol. The minimum absolute atomic E-state index is 0.292. The SMILES string of the molecule is O=C(Nc1ccccc1)C(Br)(Br)C(F)(F)F. The van der Waals surface area contributed by atoms with Crippen LogP contribution in [-0.4, -0.2) is 15.3 Å². The van der Waals surface area contributed by atoms with Crippen LogP contribution < -0.4 is 5.32 Å². The van der Waals surface area contributed by atoms with E-state index in [1.165, 1.54) is 12.1 Å². The van der Waals surface area contributed by atoms with E-state index >= 15 is 0 Å². The van der Waals surface area contributed by atoms with Crippen molar-refractivity contribution >= 4 is 43.5 Å². The molecule has 0 heterocycles. The first kappa shape index (κ1) is 13.5. The van der Waals surface area contributed by atoms with Gasteiger partial charge in [0.1, 0.15) is 0 Å². The molecular formula is C9H6Br2F3NO. The molecule has 0 atom stereocenters. The number of carbonyl (C=O) groups is 1. The summed E-state index contributed by atoms with van der Waals surface area (Å²) in [6.45, 7) is 0. The number of benzene rings is 1. The zero-order chi connectivity index (χ0) is 12.4. The van der Waals surface area contributed by atoms with Crippen LogP contribution >= 0.6 is 31.9 Å². The zero-order valence-corrected chi connectivity index (χ0v) is 10.9. The Morgan fingerprint density at radius 3 is 2.06 bits per heavy atom. The molecule has 2 nitrogen and oxygen atoms in total. The summed E-state index contributed by atoms with van der Waals surface area (Å²) in [7, 11) is 0. The summed E-state index contributed by atoms with van der Waals surface area (Å²) in [4.78, 5) is 11.4. The van der Waals surface area contributed by atoms with Crippen LogP contribution in [-0.2, 0) is 4.79 Å². The van der Waals surface area contributed by atoms with Gasteiger partial charge < -0.3 is 5.32 Å². The molecule has 1 aromatic carbocycles. The second kappa shape index (κ2) is 4.75. The van der Waals surface area contributed by atoms with Gasteiger partial charge in [0.05, 0.1) is 0 Å². The van der Waals surface area contributed by atoms with Gasteiger partial charge in [-0.05, 0) is 12.1 Å². The number of carbonyl (C=O) groups excluding carboxylic acids is 1. The highest BCUT2D eigenvalue weighted by molar-refractivity contribution is 9.26. The summed E-state index contributed by atoms with van der Waals surface area (Å²) in [5.74, 6) is -1.23. The molecule has 0 saturated carbocycles. The molecule has 0 saturated heterocycles. The Labute approximate surface area is 106 Å². The molecule has 16 heavy (non-hydrogen) atoms. The Morgan fingerprint density at radius 1 is 1.12 bits per heavy atom. The van der Waals surface area contributed by atoms with Gasteiger partial charge in [0.25, 0.3) is 9.14 Å². The van der Waals surface area contributed by atoms with E-state index in [1.54, 1.807) is 18.2 Å². The van der Waals surface area contributed by atoms with E-state index < -0.39 is 15.3 Å². The van der Waals surface area contributed by atoms with Crippen molar-refractivity contribution in [1.82, 2.24) is 0 Å². The zero-order valence-electron chi connectivity index (χ0n) is 7.68. The smallest absolute Gasteiger partial charge is 0.324 e. The Balaban J connectivity index is 2.81. The van der Waals surface area contributed by atoms with Crippen molar-refractivity contribution in [2.24, 2.45) is 0 Å². The summed E-state index contributed by atoms with van der Waals surface area (Å²) in [5, 5.41) is 2.14. The average Bonchev–Trinajstić information content (AvgIpc) is 2.17. The van der Waals surface area contributed by atoms with Crippen molar-refractivity contribution < 1.29 is 18.0 Å². The number of halogens is 5. The third-order valence-electron chi connectivity index (χ3n) is 1.67. The van der Waals surface area contributed by atoms with Crippen LogP contribution in [0.4, 0.5) is 18.9 Å². The minimum atomic E-state index is -4.73. The number of hydrogen-bond acceptors (Lipinski definition) is 1. The highest BCUT2D eigenvalue weighted by atomic mass is 79.9. The Kier molecular flexibility index (Phi) is 4.01. The maximum Gasteiger partial charge on any atom is 0.422 e.